The highest BCUT2D eigenvalue weighted by atomic mass is 19.4. The summed E-state index contributed by atoms with van der Waals surface area (Å²) in [6, 6.07) is 3.66. The number of pyridine rings is 1. The minimum atomic E-state index is -4.16. The average molecular weight is 359 g/mol. The molecule has 9 heteroatoms. The van der Waals surface area contributed by atoms with Crippen LogP contribution < -0.4 is 15.4 Å². The minimum absolute atomic E-state index is 0.0613. The van der Waals surface area contributed by atoms with E-state index in [1.54, 1.807) is 13.2 Å². The van der Waals surface area contributed by atoms with E-state index in [0.717, 1.165) is 5.56 Å². The third-order valence-electron chi connectivity index (χ3n) is 3.82. The topological polar surface area (TPSA) is 61.8 Å². The third kappa shape index (κ3) is 6.41. The van der Waals surface area contributed by atoms with Gasteiger partial charge in [-0.3, -0.25) is 9.89 Å². The quantitative estimate of drug-likeness (QED) is 0.599. The maximum Gasteiger partial charge on any atom is 0.401 e. The molecule has 1 fully saturated rings. The fourth-order valence-electron chi connectivity index (χ4n) is 2.74. The van der Waals surface area contributed by atoms with Crippen LogP contribution in [0.15, 0.2) is 23.3 Å². The number of hydrogen-bond donors (Lipinski definition) is 2. The molecule has 1 aliphatic heterocycles. The summed E-state index contributed by atoms with van der Waals surface area (Å²) in [4.78, 5) is 9.72. The van der Waals surface area contributed by atoms with Crippen molar-refractivity contribution in [3.63, 3.8) is 0 Å². The molecule has 2 heterocycles. The molecule has 0 aliphatic carbocycles. The Morgan fingerprint density at radius 1 is 1.48 bits per heavy atom. The molecular weight excluding hydrogens is 335 g/mol. The normalized spacial score (nSPS) is 19.1. The largest absolute Gasteiger partial charge is 0.478 e. The van der Waals surface area contributed by atoms with E-state index in [4.69, 9.17) is 4.74 Å². The highest BCUT2D eigenvalue weighted by Gasteiger charge is 2.34. The van der Waals surface area contributed by atoms with E-state index in [1.165, 1.54) is 4.90 Å². The van der Waals surface area contributed by atoms with Gasteiger partial charge in [-0.1, -0.05) is 6.07 Å². The zero-order valence-corrected chi connectivity index (χ0v) is 14.4. The summed E-state index contributed by atoms with van der Waals surface area (Å²) in [5.41, 5.74) is 0.886. The van der Waals surface area contributed by atoms with Crippen molar-refractivity contribution in [1.82, 2.24) is 20.5 Å². The molecule has 0 aromatic carbocycles. The molecule has 2 N–H and O–H groups in total. The second-order valence-corrected chi connectivity index (χ2v) is 5.81. The lowest BCUT2D eigenvalue weighted by Crippen LogP contribution is -2.45. The smallest absolute Gasteiger partial charge is 0.401 e. The maximum atomic E-state index is 12.5. The van der Waals surface area contributed by atoms with Gasteiger partial charge in [-0.05, 0) is 19.4 Å². The number of rotatable bonds is 6. The van der Waals surface area contributed by atoms with E-state index in [1.807, 2.05) is 19.1 Å². The first-order valence-corrected chi connectivity index (χ1v) is 8.24. The number of alkyl halides is 3. The molecule has 0 spiro atoms. The van der Waals surface area contributed by atoms with Crippen LogP contribution in [-0.2, 0) is 6.54 Å². The van der Waals surface area contributed by atoms with Gasteiger partial charge in [0.25, 0.3) is 0 Å². The summed E-state index contributed by atoms with van der Waals surface area (Å²) in [5.74, 6) is 1.11. The SMILES string of the molecule is CCOc1ncccc1CNC(=NC)NC1CCN(CC(F)(F)F)C1. The maximum absolute atomic E-state index is 12.5. The fraction of sp³-hybridized carbons (Fsp3) is 0.625. The van der Waals surface area contributed by atoms with Gasteiger partial charge in [-0.2, -0.15) is 13.2 Å². The fourth-order valence-corrected chi connectivity index (χ4v) is 2.74. The van der Waals surface area contributed by atoms with E-state index in [9.17, 15) is 13.2 Å². The van der Waals surface area contributed by atoms with Crippen LogP contribution in [0.5, 0.6) is 5.88 Å². The van der Waals surface area contributed by atoms with Crippen molar-refractivity contribution in [2.75, 3.05) is 33.3 Å². The van der Waals surface area contributed by atoms with Gasteiger partial charge in [0, 0.05) is 44.5 Å². The second-order valence-electron chi connectivity index (χ2n) is 5.81. The van der Waals surface area contributed by atoms with Gasteiger partial charge < -0.3 is 15.4 Å². The number of guanidine groups is 1. The van der Waals surface area contributed by atoms with Crippen LogP contribution in [0.4, 0.5) is 13.2 Å². The number of ether oxygens (including phenoxy) is 1. The van der Waals surface area contributed by atoms with Crippen LogP contribution in [0.2, 0.25) is 0 Å². The standard InChI is InChI=1S/C16H24F3N5O/c1-3-25-14-12(5-4-7-21-14)9-22-15(20-2)23-13-6-8-24(10-13)11-16(17,18)19/h4-5,7,13H,3,6,8-11H2,1-2H3,(H2,20,22,23). The molecule has 0 radical (unpaired) electrons. The van der Waals surface area contributed by atoms with Gasteiger partial charge >= 0.3 is 6.18 Å². The summed E-state index contributed by atoms with van der Waals surface area (Å²) in [6.45, 7) is 2.77. The van der Waals surface area contributed by atoms with Crippen LogP contribution in [0.3, 0.4) is 0 Å². The van der Waals surface area contributed by atoms with Gasteiger partial charge in [-0.25, -0.2) is 4.98 Å². The van der Waals surface area contributed by atoms with E-state index < -0.39 is 12.7 Å². The Kier molecular flexibility index (Phi) is 6.86. The van der Waals surface area contributed by atoms with Gasteiger partial charge in [0.2, 0.25) is 5.88 Å². The first kappa shape index (κ1) is 19.3. The molecule has 0 bridgehead atoms. The summed E-state index contributed by atoms with van der Waals surface area (Å²) in [6.07, 6.45) is -1.85. The van der Waals surface area contributed by atoms with Crippen LogP contribution in [0.25, 0.3) is 0 Å². The molecule has 1 saturated heterocycles. The zero-order valence-electron chi connectivity index (χ0n) is 14.4. The van der Waals surface area contributed by atoms with E-state index in [0.29, 0.717) is 44.5 Å². The lowest BCUT2D eigenvalue weighted by atomic mass is 10.2. The summed E-state index contributed by atoms with van der Waals surface area (Å²) >= 11 is 0. The Labute approximate surface area is 145 Å². The monoisotopic (exact) mass is 359 g/mol. The molecular formula is C16H24F3N5O. The number of nitrogens with one attached hydrogen (secondary N) is 2. The number of hydrogen-bond acceptors (Lipinski definition) is 4. The van der Waals surface area contributed by atoms with E-state index in [2.05, 4.69) is 20.6 Å². The molecule has 1 aromatic rings. The molecule has 1 aliphatic rings. The number of aromatic nitrogens is 1. The van der Waals surface area contributed by atoms with Gasteiger partial charge in [0.15, 0.2) is 5.96 Å². The van der Waals surface area contributed by atoms with Crippen molar-refractivity contribution in [1.29, 1.82) is 0 Å². The highest BCUT2D eigenvalue weighted by Crippen LogP contribution is 2.20. The molecule has 2 rings (SSSR count). The average Bonchev–Trinajstić information content (AvgIpc) is 2.98. The molecule has 0 amide bonds. The van der Waals surface area contributed by atoms with Crippen LogP contribution in [0, 0.1) is 0 Å². The summed E-state index contributed by atoms with van der Waals surface area (Å²) < 4.78 is 42.8. The molecule has 140 valence electrons. The lowest BCUT2D eigenvalue weighted by molar-refractivity contribution is -0.143. The minimum Gasteiger partial charge on any atom is -0.478 e. The predicted molar refractivity (Wildman–Crippen MR) is 89.6 cm³/mol. The summed E-state index contributed by atoms with van der Waals surface area (Å²) in [5, 5.41) is 6.32. The van der Waals surface area contributed by atoms with Crippen molar-refractivity contribution in [3.8, 4) is 5.88 Å². The van der Waals surface area contributed by atoms with Crippen molar-refractivity contribution < 1.29 is 17.9 Å². The molecule has 1 unspecified atom stereocenters. The number of nitrogens with zero attached hydrogens (tertiary/aromatic N) is 3. The van der Waals surface area contributed by atoms with Crippen molar-refractivity contribution in [2.24, 2.45) is 4.99 Å². The van der Waals surface area contributed by atoms with E-state index >= 15 is 0 Å². The summed E-state index contributed by atoms with van der Waals surface area (Å²) in [7, 11) is 1.63. The molecule has 6 nitrogen and oxygen atoms in total. The molecule has 25 heavy (non-hydrogen) atoms. The van der Waals surface area contributed by atoms with Crippen molar-refractivity contribution >= 4 is 5.96 Å². The molecule has 0 saturated carbocycles. The third-order valence-corrected chi connectivity index (χ3v) is 3.82. The zero-order chi connectivity index (χ0) is 18.3. The van der Waals surface area contributed by atoms with Crippen LogP contribution >= 0.6 is 0 Å². The number of aliphatic imine (C=N–C) groups is 1. The number of halogens is 3. The van der Waals surface area contributed by atoms with Crippen LogP contribution in [0.1, 0.15) is 18.9 Å². The van der Waals surface area contributed by atoms with Gasteiger partial charge in [0.05, 0.1) is 13.2 Å². The van der Waals surface area contributed by atoms with Gasteiger partial charge in [-0.15, -0.1) is 0 Å². The van der Waals surface area contributed by atoms with Crippen molar-refractivity contribution in [2.45, 2.75) is 32.1 Å². The predicted octanol–water partition coefficient (Wildman–Crippen LogP) is 1.78. The Morgan fingerprint density at radius 2 is 2.28 bits per heavy atom. The van der Waals surface area contributed by atoms with Gasteiger partial charge in [0.1, 0.15) is 0 Å². The molecule has 1 atom stereocenters. The van der Waals surface area contributed by atoms with Crippen molar-refractivity contribution in [3.05, 3.63) is 23.9 Å². The Balaban J connectivity index is 1.84. The Hall–Kier alpha value is -2.03. The molecule has 1 aromatic heterocycles. The highest BCUT2D eigenvalue weighted by molar-refractivity contribution is 5.80. The first-order chi connectivity index (χ1) is 11.9. The van der Waals surface area contributed by atoms with E-state index in [-0.39, 0.29) is 6.04 Å². The lowest BCUT2D eigenvalue weighted by Gasteiger charge is -2.20. The van der Waals surface area contributed by atoms with Crippen LogP contribution in [-0.4, -0.2) is 61.4 Å². The Bertz CT molecular complexity index is 579. The Morgan fingerprint density at radius 3 is 2.96 bits per heavy atom. The second kappa shape index (κ2) is 8.89. The number of likely N-dealkylation sites (tertiary alicyclic amines) is 1. The first-order valence-electron chi connectivity index (χ1n) is 8.24.